The fraction of sp³-hybridized carbons (Fsp3) is 0.375. The van der Waals surface area contributed by atoms with Crippen LogP contribution in [0.1, 0.15) is 22.9 Å². The predicted molar refractivity (Wildman–Crippen MR) is 93.9 cm³/mol. The largest absolute Gasteiger partial charge is 0.395 e. The van der Waals surface area contributed by atoms with E-state index >= 15 is 0 Å². The molecular weight excluding hydrogens is 416 g/mol. The zero-order valence-corrected chi connectivity index (χ0v) is 15.5. The lowest BCUT2D eigenvalue weighted by Crippen LogP contribution is -2.28. The SMILES string of the molecule is O=C(Cc1[nH]c(=S)n2c1C[C@@H](c1c(F)ccc(Br)c1F)C2)NCCO. The van der Waals surface area contributed by atoms with E-state index in [0.29, 0.717) is 23.4 Å². The predicted octanol–water partition coefficient (Wildman–Crippen LogP) is 2.58. The number of hydrogen-bond donors (Lipinski definition) is 3. The fourth-order valence-corrected chi connectivity index (χ4v) is 3.83. The zero-order valence-electron chi connectivity index (χ0n) is 13.1. The second-order valence-electron chi connectivity index (χ2n) is 5.87. The number of nitrogens with one attached hydrogen (secondary N) is 2. The van der Waals surface area contributed by atoms with Crippen LogP contribution in [0.4, 0.5) is 8.78 Å². The van der Waals surface area contributed by atoms with E-state index in [2.05, 4.69) is 26.2 Å². The Morgan fingerprint density at radius 1 is 1.48 bits per heavy atom. The molecule has 134 valence electrons. The molecule has 1 atom stereocenters. The normalized spacial score (nSPS) is 16.1. The van der Waals surface area contributed by atoms with Gasteiger partial charge < -0.3 is 20.0 Å². The zero-order chi connectivity index (χ0) is 18.1. The Morgan fingerprint density at radius 2 is 2.24 bits per heavy atom. The van der Waals surface area contributed by atoms with Crippen LogP contribution in [0.2, 0.25) is 0 Å². The quantitative estimate of drug-likeness (QED) is 0.503. The molecule has 25 heavy (non-hydrogen) atoms. The number of carbonyl (C=O) groups is 1. The molecule has 9 heteroatoms. The van der Waals surface area contributed by atoms with Crippen LogP contribution in [0.3, 0.4) is 0 Å². The highest BCUT2D eigenvalue weighted by molar-refractivity contribution is 9.10. The minimum absolute atomic E-state index is 0.0307. The first kappa shape index (κ1) is 18.2. The Balaban J connectivity index is 1.87. The van der Waals surface area contributed by atoms with E-state index in [-0.39, 0.29) is 41.4 Å². The number of aromatic amines is 1. The highest BCUT2D eigenvalue weighted by Crippen LogP contribution is 2.36. The maximum atomic E-state index is 14.4. The van der Waals surface area contributed by atoms with Gasteiger partial charge in [-0.3, -0.25) is 4.79 Å². The van der Waals surface area contributed by atoms with Gasteiger partial charge in [-0.2, -0.15) is 0 Å². The average molecular weight is 432 g/mol. The number of carbonyl (C=O) groups excluding carboxylic acids is 1. The summed E-state index contributed by atoms with van der Waals surface area (Å²) in [5.74, 6) is -1.83. The number of fused-ring (bicyclic) bond motifs is 1. The standard InChI is InChI=1S/C16H16BrF2N3O2S/c17-9-1-2-10(18)14(15(9)19)8-5-12-11(6-13(24)20-3-4-23)21-16(25)22(12)7-8/h1-2,8,23H,3-7H2,(H,20,24)(H,21,25)/t8-/m1/s1. The number of benzene rings is 1. The third-order valence-corrected chi connectivity index (χ3v) is 5.21. The van der Waals surface area contributed by atoms with Gasteiger partial charge in [-0.1, -0.05) is 0 Å². The smallest absolute Gasteiger partial charge is 0.226 e. The monoisotopic (exact) mass is 431 g/mol. The number of halogens is 3. The number of nitrogens with zero attached hydrogens (tertiary/aromatic N) is 1. The molecule has 5 nitrogen and oxygen atoms in total. The van der Waals surface area contributed by atoms with Crippen molar-refractivity contribution in [1.82, 2.24) is 14.9 Å². The molecule has 0 saturated heterocycles. The molecule has 1 amide bonds. The van der Waals surface area contributed by atoms with Crippen molar-refractivity contribution in [3.8, 4) is 0 Å². The highest BCUT2D eigenvalue weighted by atomic mass is 79.9. The van der Waals surface area contributed by atoms with E-state index in [1.54, 1.807) is 4.57 Å². The molecule has 0 aliphatic carbocycles. The molecule has 1 aliphatic rings. The van der Waals surface area contributed by atoms with Crippen LogP contribution in [-0.2, 0) is 24.2 Å². The van der Waals surface area contributed by atoms with Gasteiger partial charge >= 0.3 is 0 Å². The summed E-state index contributed by atoms with van der Waals surface area (Å²) in [7, 11) is 0. The summed E-state index contributed by atoms with van der Waals surface area (Å²) in [4.78, 5) is 14.9. The Labute approximate surface area is 156 Å². The average Bonchev–Trinajstić information content (AvgIpc) is 3.11. The van der Waals surface area contributed by atoms with E-state index in [1.165, 1.54) is 12.1 Å². The summed E-state index contributed by atoms with van der Waals surface area (Å²) in [5, 5.41) is 11.3. The van der Waals surface area contributed by atoms with Gasteiger partial charge in [0.05, 0.1) is 17.5 Å². The lowest BCUT2D eigenvalue weighted by atomic mass is 9.95. The molecule has 3 N–H and O–H groups in total. The molecule has 0 saturated carbocycles. The summed E-state index contributed by atoms with van der Waals surface area (Å²) in [6.45, 7) is 0.388. The number of amides is 1. The molecular formula is C16H16BrF2N3O2S. The summed E-state index contributed by atoms with van der Waals surface area (Å²) >= 11 is 8.36. The maximum Gasteiger partial charge on any atom is 0.226 e. The molecule has 2 heterocycles. The van der Waals surface area contributed by atoms with Gasteiger partial charge in [0, 0.05) is 36.0 Å². The molecule has 2 aromatic rings. The lowest BCUT2D eigenvalue weighted by molar-refractivity contribution is -0.120. The number of aromatic nitrogens is 2. The number of hydrogen-bond acceptors (Lipinski definition) is 3. The Morgan fingerprint density at radius 3 is 2.96 bits per heavy atom. The Bertz CT molecular complexity index is 881. The number of aliphatic hydroxyl groups is 1. The van der Waals surface area contributed by atoms with E-state index in [4.69, 9.17) is 17.3 Å². The first-order valence-corrected chi connectivity index (χ1v) is 8.94. The second kappa shape index (κ2) is 7.35. The van der Waals surface area contributed by atoms with Crippen LogP contribution < -0.4 is 5.32 Å². The highest BCUT2D eigenvalue weighted by Gasteiger charge is 2.31. The third kappa shape index (κ3) is 3.54. The minimum atomic E-state index is -0.604. The van der Waals surface area contributed by atoms with Crippen LogP contribution in [-0.4, -0.2) is 33.7 Å². The Kier molecular flexibility index (Phi) is 5.35. The fourth-order valence-electron chi connectivity index (χ4n) is 3.17. The van der Waals surface area contributed by atoms with Gasteiger partial charge in [0.25, 0.3) is 0 Å². The molecule has 1 aliphatic heterocycles. The van der Waals surface area contributed by atoms with Gasteiger partial charge in [0.15, 0.2) is 4.77 Å². The molecule has 0 unspecified atom stereocenters. The van der Waals surface area contributed by atoms with Gasteiger partial charge in [-0.15, -0.1) is 0 Å². The number of imidazole rings is 1. The topological polar surface area (TPSA) is 70.0 Å². The van der Waals surface area contributed by atoms with E-state index in [0.717, 1.165) is 5.69 Å². The lowest BCUT2D eigenvalue weighted by Gasteiger charge is -2.13. The van der Waals surface area contributed by atoms with Crippen molar-refractivity contribution in [1.29, 1.82) is 0 Å². The summed E-state index contributed by atoms with van der Waals surface area (Å²) < 4.78 is 31.0. The minimum Gasteiger partial charge on any atom is -0.395 e. The number of aliphatic hydroxyl groups excluding tert-OH is 1. The van der Waals surface area contributed by atoms with Gasteiger partial charge in [0.1, 0.15) is 11.6 Å². The molecule has 0 radical (unpaired) electrons. The molecule has 0 spiro atoms. The Hall–Kier alpha value is -1.58. The number of rotatable bonds is 5. The molecule has 0 bridgehead atoms. The van der Waals surface area contributed by atoms with E-state index < -0.39 is 11.6 Å². The molecule has 0 fully saturated rings. The van der Waals surface area contributed by atoms with Crippen LogP contribution in [0, 0.1) is 16.4 Å². The summed E-state index contributed by atoms with van der Waals surface area (Å²) in [5.41, 5.74) is 1.45. The van der Waals surface area contributed by atoms with Crippen LogP contribution in [0.5, 0.6) is 0 Å². The van der Waals surface area contributed by atoms with Crippen LogP contribution in [0.25, 0.3) is 0 Å². The first-order chi connectivity index (χ1) is 11.9. The van der Waals surface area contributed by atoms with E-state index in [1.807, 2.05) is 0 Å². The third-order valence-electron chi connectivity index (χ3n) is 4.28. The second-order valence-corrected chi connectivity index (χ2v) is 7.12. The molecule has 1 aromatic carbocycles. The van der Waals surface area contributed by atoms with Crippen molar-refractivity contribution < 1.29 is 18.7 Å². The van der Waals surface area contributed by atoms with E-state index in [9.17, 15) is 13.6 Å². The van der Waals surface area contributed by atoms with Gasteiger partial charge in [-0.25, -0.2) is 8.78 Å². The van der Waals surface area contributed by atoms with Crippen molar-refractivity contribution in [3.63, 3.8) is 0 Å². The van der Waals surface area contributed by atoms with Crippen molar-refractivity contribution in [3.05, 3.63) is 50.0 Å². The maximum absolute atomic E-state index is 14.4. The summed E-state index contributed by atoms with van der Waals surface area (Å²) in [6, 6.07) is 2.58. The summed E-state index contributed by atoms with van der Waals surface area (Å²) in [6.07, 6.45) is 0.461. The van der Waals surface area contributed by atoms with Crippen molar-refractivity contribution in [2.45, 2.75) is 25.3 Å². The molecule has 1 aromatic heterocycles. The number of H-pyrrole nitrogens is 1. The van der Waals surface area contributed by atoms with Gasteiger partial charge in [0.2, 0.25) is 5.91 Å². The van der Waals surface area contributed by atoms with Crippen molar-refractivity contribution in [2.75, 3.05) is 13.2 Å². The van der Waals surface area contributed by atoms with Crippen molar-refractivity contribution in [2.24, 2.45) is 0 Å². The van der Waals surface area contributed by atoms with Crippen molar-refractivity contribution >= 4 is 34.1 Å². The molecule has 3 rings (SSSR count). The first-order valence-electron chi connectivity index (χ1n) is 7.73. The van der Waals surface area contributed by atoms with Gasteiger partial charge in [-0.05, 0) is 46.7 Å². The van der Waals surface area contributed by atoms with Crippen LogP contribution >= 0.6 is 28.1 Å². The van der Waals surface area contributed by atoms with Crippen LogP contribution in [0.15, 0.2) is 16.6 Å².